The summed E-state index contributed by atoms with van der Waals surface area (Å²) in [5.74, 6) is -1.51. The van der Waals surface area contributed by atoms with Crippen LogP contribution in [0.25, 0.3) is 0 Å². The fraction of sp³-hybridized carbons (Fsp3) is 0.455. The van der Waals surface area contributed by atoms with Gasteiger partial charge in [0.15, 0.2) is 0 Å². The van der Waals surface area contributed by atoms with E-state index >= 15 is 0 Å². The van der Waals surface area contributed by atoms with Gasteiger partial charge in [0.2, 0.25) is 17.7 Å². The van der Waals surface area contributed by atoms with Gasteiger partial charge in [0.25, 0.3) is 0 Å². The lowest BCUT2D eigenvalue weighted by Gasteiger charge is -2.18. The molecule has 8 nitrogen and oxygen atoms in total. The minimum Gasteiger partial charge on any atom is -0.390 e. The number of rotatable bonds is 7. The molecule has 8 heteroatoms. The maximum Gasteiger partial charge on any atom is 0.243 e. The monoisotopic (exact) mass is 269 g/mol. The molecule has 0 aliphatic rings. The molecule has 0 radical (unpaired) electrons. The van der Waals surface area contributed by atoms with Crippen LogP contribution in [0.5, 0.6) is 0 Å². The van der Waals surface area contributed by atoms with E-state index in [-0.39, 0.29) is 12.3 Å². The van der Waals surface area contributed by atoms with E-state index in [9.17, 15) is 14.4 Å². The van der Waals surface area contributed by atoms with Crippen molar-refractivity contribution in [2.45, 2.75) is 32.4 Å². The first-order chi connectivity index (χ1) is 8.88. The largest absolute Gasteiger partial charge is 0.390 e. The van der Waals surface area contributed by atoms with Crippen LogP contribution < -0.4 is 22.1 Å². The third kappa shape index (κ3) is 7.53. The quantitative estimate of drug-likeness (QED) is 0.325. The molecule has 6 N–H and O–H groups in total. The van der Waals surface area contributed by atoms with Crippen LogP contribution in [-0.4, -0.2) is 36.1 Å². The summed E-state index contributed by atoms with van der Waals surface area (Å²) in [4.78, 5) is 37.3. The summed E-state index contributed by atoms with van der Waals surface area (Å²) >= 11 is 0. The molecule has 0 aromatic rings. The van der Waals surface area contributed by atoms with E-state index in [1.807, 2.05) is 0 Å². The molecule has 0 saturated carbocycles. The highest BCUT2D eigenvalue weighted by molar-refractivity contribution is 5.91. The summed E-state index contributed by atoms with van der Waals surface area (Å²) in [6.45, 7) is 2.75. The number of nitrogens with two attached hydrogens (primary N) is 2. The smallest absolute Gasteiger partial charge is 0.243 e. The van der Waals surface area contributed by atoms with Gasteiger partial charge in [-0.3, -0.25) is 14.4 Å². The lowest BCUT2D eigenvalue weighted by atomic mass is 10.1. The Hall–Kier alpha value is -2.38. The zero-order chi connectivity index (χ0) is 14.8. The number of nitrogens with one attached hydrogen (secondary N) is 2. The van der Waals surface area contributed by atoms with Crippen molar-refractivity contribution in [2.75, 3.05) is 0 Å². The predicted molar refractivity (Wildman–Crippen MR) is 70.8 cm³/mol. The molecule has 2 atom stereocenters. The summed E-state index contributed by atoms with van der Waals surface area (Å²) in [7, 11) is 0. The van der Waals surface area contributed by atoms with Crippen molar-refractivity contribution in [1.29, 1.82) is 0 Å². The van der Waals surface area contributed by atoms with Crippen molar-refractivity contribution >= 4 is 24.1 Å². The molecule has 0 bridgehead atoms. The van der Waals surface area contributed by atoms with Gasteiger partial charge in [0.1, 0.15) is 12.1 Å². The first-order valence-corrected chi connectivity index (χ1v) is 5.63. The number of carbonyl (C=O) groups is 3. The molecule has 3 amide bonds. The van der Waals surface area contributed by atoms with Crippen molar-refractivity contribution in [3.8, 4) is 0 Å². The van der Waals surface area contributed by atoms with Gasteiger partial charge in [0.05, 0.1) is 6.34 Å². The summed E-state index contributed by atoms with van der Waals surface area (Å²) < 4.78 is 0. The van der Waals surface area contributed by atoms with Gasteiger partial charge in [-0.1, -0.05) is 6.08 Å². The van der Waals surface area contributed by atoms with Crippen LogP contribution in [0.1, 0.15) is 20.3 Å². The number of hydrogen-bond acceptors (Lipinski definition) is 4. The Labute approximate surface area is 111 Å². The third-order valence-corrected chi connectivity index (χ3v) is 2.13. The minimum atomic E-state index is -0.810. The summed E-state index contributed by atoms with van der Waals surface area (Å²) in [5, 5.41) is 4.86. The predicted octanol–water partition coefficient (Wildman–Crippen LogP) is -1.63. The number of nitrogens with zero attached hydrogens (tertiary/aromatic N) is 1. The Morgan fingerprint density at radius 1 is 1.32 bits per heavy atom. The third-order valence-electron chi connectivity index (χ3n) is 2.13. The van der Waals surface area contributed by atoms with Gasteiger partial charge < -0.3 is 22.1 Å². The van der Waals surface area contributed by atoms with Crippen molar-refractivity contribution in [3.63, 3.8) is 0 Å². The van der Waals surface area contributed by atoms with Crippen LogP contribution >= 0.6 is 0 Å². The van der Waals surface area contributed by atoms with Gasteiger partial charge in [0, 0.05) is 13.1 Å². The first-order valence-electron chi connectivity index (χ1n) is 5.63. The summed E-state index contributed by atoms with van der Waals surface area (Å²) in [5.41, 5.74) is 10.1. The van der Waals surface area contributed by atoms with E-state index < -0.39 is 23.9 Å². The van der Waals surface area contributed by atoms with Gasteiger partial charge in [-0.25, -0.2) is 4.99 Å². The van der Waals surface area contributed by atoms with Crippen molar-refractivity contribution in [1.82, 2.24) is 10.6 Å². The van der Waals surface area contributed by atoms with Gasteiger partial charge in [-0.2, -0.15) is 0 Å². The van der Waals surface area contributed by atoms with Gasteiger partial charge in [-0.15, -0.1) is 0 Å². The Bertz CT molecular complexity index is 392. The summed E-state index contributed by atoms with van der Waals surface area (Å²) in [6, 6.07) is -1.61. The van der Waals surface area contributed by atoms with Crippen LogP contribution in [0.3, 0.4) is 0 Å². The number of aliphatic imine (C=N–C) groups is 1. The standard InChI is InChI=1S/C11H19N5O3/c1-7(10(13)18)15-11(19)9(16-8(2)17)4-3-5-14-6-12/h3,5-7,9H,4H2,1-2H3,(H2,12,14)(H2,13,18)(H,15,19)(H,16,17)/b5-3+. The van der Waals surface area contributed by atoms with E-state index in [1.165, 1.54) is 20.0 Å². The van der Waals surface area contributed by atoms with E-state index in [2.05, 4.69) is 15.6 Å². The molecule has 0 aromatic heterocycles. The minimum absolute atomic E-state index is 0.217. The van der Waals surface area contributed by atoms with Crippen LogP contribution in [-0.2, 0) is 14.4 Å². The molecule has 0 rings (SSSR count). The number of carbonyl (C=O) groups excluding carboxylic acids is 3. The Morgan fingerprint density at radius 3 is 2.42 bits per heavy atom. The van der Waals surface area contributed by atoms with Crippen LogP contribution in [0.4, 0.5) is 0 Å². The van der Waals surface area contributed by atoms with Crippen molar-refractivity contribution in [2.24, 2.45) is 16.5 Å². The second kappa shape index (κ2) is 8.67. The lowest BCUT2D eigenvalue weighted by Crippen LogP contribution is -2.51. The highest BCUT2D eigenvalue weighted by atomic mass is 16.2. The van der Waals surface area contributed by atoms with E-state index in [0.717, 1.165) is 6.34 Å². The molecule has 0 heterocycles. The van der Waals surface area contributed by atoms with Crippen molar-refractivity contribution in [3.05, 3.63) is 12.3 Å². The number of amides is 3. The molecule has 0 aromatic carbocycles. The first kappa shape index (κ1) is 16.6. The SMILES string of the molecule is CC(=O)NC(C/C=C/N=C\N)C(=O)NC(C)C(N)=O. The molecule has 106 valence electrons. The molecule has 2 unspecified atom stereocenters. The van der Waals surface area contributed by atoms with Gasteiger partial charge >= 0.3 is 0 Å². The second-order valence-electron chi connectivity index (χ2n) is 3.80. The normalized spacial score (nSPS) is 14.2. The maximum atomic E-state index is 11.8. The number of primary amides is 1. The van der Waals surface area contributed by atoms with Crippen LogP contribution in [0, 0.1) is 0 Å². The molecule has 0 fully saturated rings. The molecular weight excluding hydrogens is 250 g/mol. The Kier molecular flexibility index (Phi) is 7.59. The fourth-order valence-electron chi connectivity index (χ4n) is 1.17. The molecular formula is C11H19N5O3. The Morgan fingerprint density at radius 2 is 1.95 bits per heavy atom. The van der Waals surface area contributed by atoms with E-state index in [4.69, 9.17) is 11.5 Å². The highest BCUT2D eigenvalue weighted by Crippen LogP contribution is 1.96. The average Bonchev–Trinajstić information content (AvgIpc) is 2.32. The van der Waals surface area contributed by atoms with Crippen molar-refractivity contribution < 1.29 is 14.4 Å². The second-order valence-corrected chi connectivity index (χ2v) is 3.80. The lowest BCUT2D eigenvalue weighted by molar-refractivity contribution is -0.130. The number of hydrogen-bond donors (Lipinski definition) is 4. The molecule has 0 spiro atoms. The zero-order valence-corrected chi connectivity index (χ0v) is 10.9. The Balaban J connectivity index is 4.59. The molecule has 19 heavy (non-hydrogen) atoms. The van der Waals surface area contributed by atoms with E-state index in [0.29, 0.717) is 0 Å². The molecule has 0 aliphatic heterocycles. The van der Waals surface area contributed by atoms with Crippen LogP contribution in [0.15, 0.2) is 17.3 Å². The van der Waals surface area contributed by atoms with Crippen LogP contribution in [0.2, 0.25) is 0 Å². The highest BCUT2D eigenvalue weighted by Gasteiger charge is 2.21. The summed E-state index contributed by atoms with van der Waals surface area (Å²) in [6.07, 6.45) is 4.28. The van der Waals surface area contributed by atoms with Gasteiger partial charge in [-0.05, 0) is 13.3 Å². The molecule has 0 saturated heterocycles. The average molecular weight is 269 g/mol. The maximum absolute atomic E-state index is 11.8. The molecule has 0 aliphatic carbocycles. The fourth-order valence-corrected chi connectivity index (χ4v) is 1.17. The topological polar surface area (TPSA) is 140 Å². The zero-order valence-electron chi connectivity index (χ0n) is 10.9. The van der Waals surface area contributed by atoms with E-state index in [1.54, 1.807) is 6.08 Å².